The van der Waals surface area contributed by atoms with E-state index in [-0.39, 0.29) is 28.7 Å². The lowest BCUT2D eigenvalue weighted by molar-refractivity contribution is 0.0200. The SMILES string of the molecule is COc1cc(C#N)c(NC2CCCCC2)c(C#N)c1OC(=O)OC(C)(C)C. The van der Waals surface area contributed by atoms with Crippen molar-refractivity contribution >= 4 is 11.8 Å². The molecule has 2 rings (SSSR count). The van der Waals surface area contributed by atoms with E-state index in [1.165, 1.54) is 19.6 Å². The van der Waals surface area contributed by atoms with Gasteiger partial charge in [0.15, 0.2) is 11.5 Å². The van der Waals surface area contributed by atoms with Crippen LogP contribution < -0.4 is 14.8 Å². The number of carbonyl (C=O) groups excluding carboxylic acids is 1. The summed E-state index contributed by atoms with van der Waals surface area (Å²) < 4.78 is 15.7. The van der Waals surface area contributed by atoms with Crippen molar-refractivity contribution in [2.75, 3.05) is 12.4 Å². The fourth-order valence-electron chi connectivity index (χ4n) is 3.04. The zero-order chi connectivity index (χ0) is 20.0. The van der Waals surface area contributed by atoms with Crippen LogP contribution in [0.2, 0.25) is 0 Å². The van der Waals surface area contributed by atoms with Gasteiger partial charge in [-0.1, -0.05) is 19.3 Å². The van der Waals surface area contributed by atoms with Gasteiger partial charge in [-0.05, 0) is 33.6 Å². The molecule has 7 nitrogen and oxygen atoms in total. The van der Waals surface area contributed by atoms with E-state index in [1.807, 2.05) is 6.07 Å². The number of nitriles is 2. The fourth-order valence-corrected chi connectivity index (χ4v) is 3.04. The molecule has 0 unspecified atom stereocenters. The van der Waals surface area contributed by atoms with Gasteiger partial charge in [-0.2, -0.15) is 10.5 Å². The molecule has 0 aliphatic heterocycles. The standard InChI is InChI=1S/C20H25N3O4/c1-20(2,3)27-19(24)26-18-15(12-22)17(13(11-21)10-16(18)25-4)23-14-8-6-5-7-9-14/h10,14,23H,5-9H2,1-4H3. The van der Waals surface area contributed by atoms with Crippen molar-refractivity contribution in [2.45, 2.75) is 64.5 Å². The lowest BCUT2D eigenvalue weighted by atomic mass is 9.94. The molecule has 0 heterocycles. The molecular weight excluding hydrogens is 346 g/mol. The molecule has 1 fully saturated rings. The summed E-state index contributed by atoms with van der Waals surface area (Å²) in [6, 6.07) is 5.76. The second-order valence-corrected chi connectivity index (χ2v) is 7.47. The van der Waals surface area contributed by atoms with E-state index >= 15 is 0 Å². The van der Waals surface area contributed by atoms with Crippen molar-refractivity contribution in [1.82, 2.24) is 0 Å². The van der Waals surface area contributed by atoms with Crippen molar-refractivity contribution in [1.29, 1.82) is 10.5 Å². The highest BCUT2D eigenvalue weighted by Gasteiger charge is 2.27. The van der Waals surface area contributed by atoms with Gasteiger partial charge in [0, 0.05) is 12.1 Å². The average molecular weight is 371 g/mol. The Morgan fingerprint density at radius 3 is 2.37 bits per heavy atom. The van der Waals surface area contributed by atoms with Gasteiger partial charge in [-0.3, -0.25) is 0 Å². The lowest BCUT2D eigenvalue weighted by Gasteiger charge is -2.26. The van der Waals surface area contributed by atoms with Crippen LogP contribution in [-0.2, 0) is 4.74 Å². The van der Waals surface area contributed by atoms with E-state index in [0.717, 1.165) is 25.7 Å². The zero-order valence-electron chi connectivity index (χ0n) is 16.2. The number of benzene rings is 1. The molecule has 7 heteroatoms. The quantitative estimate of drug-likeness (QED) is 0.614. The Bertz CT molecular complexity index is 778. The molecule has 0 radical (unpaired) electrons. The van der Waals surface area contributed by atoms with Crippen LogP contribution in [0.4, 0.5) is 10.5 Å². The van der Waals surface area contributed by atoms with Gasteiger partial charge in [0.25, 0.3) is 0 Å². The van der Waals surface area contributed by atoms with Gasteiger partial charge in [-0.15, -0.1) is 0 Å². The first-order valence-corrected chi connectivity index (χ1v) is 9.01. The highest BCUT2D eigenvalue weighted by molar-refractivity contribution is 5.78. The second kappa shape index (κ2) is 8.64. The van der Waals surface area contributed by atoms with Crippen LogP contribution in [0.15, 0.2) is 6.07 Å². The fraction of sp³-hybridized carbons (Fsp3) is 0.550. The van der Waals surface area contributed by atoms with E-state index in [2.05, 4.69) is 11.4 Å². The van der Waals surface area contributed by atoms with E-state index in [9.17, 15) is 15.3 Å². The van der Waals surface area contributed by atoms with Crippen molar-refractivity contribution in [3.63, 3.8) is 0 Å². The van der Waals surface area contributed by atoms with Gasteiger partial charge >= 0.3 is 6.16 Å². The maximum Gasteiger partial charge on any atom is 0.514 e. The largest absolute Gasteiger partial charge is 0.514 e. The monoisotopic (exact) mass is 371 g/mol. The van der Waals surface area contributed by atoms with Crippen LogP contribution in [0.1, 0.15) is 64.0 Å². The molecule has 0 aromatic heterocycles. The minimum Gasteiger partial charge on any atom is -0.493 e. The summed E-state index contributed by atoms with van der Waals surface area (Å²) >= 11 is 0. The number of nitrogens with one attached hydrogen (secondary N) is 1. The third kappa shape index (κ3) is 5.27. The van der Waals surface area contributed by atoms with E-state index in [4.69, 9.17) is 14.2 Å². The summed E-state index contributed by atoms with van der Waals surface area (Å²) in [6.07, 6.45) is 4.36. The molecule has 1 saturated carbocycles. The molecule has 0 amide bonds. The maximum absolute atomic E-state index is 12.1. The number of nitrogens with zero attached hydrogens (tertiary/aromatic N) is 2. The molecule has 1 aliphatic carbocycles. The first-order chi connectivity index (χ1) is 12.8. The first-order valence-electron chi connectivity index (χ1n) is 9.01. The smallest absolute Gasteiger partial charge is 0.493 e. The molecule has 27 heavy (non-hydrogen) atoms. The summed E-state index contributed by atoms with van der Waals surface area (Å²) in [5.74, 6) is 0.0784. The van der Waals surface area contributed by atoms with Crippen molar-refractivity contribution < 1.29 is 19.0 Å². The van der Waals surface area contributed by atoms with E-state index in [1.54, 1.807) is 20.8 Å². The summed E-state index contributed by atoms with van der Waals surface area (Å²) in [5, 5.41) is 22.6. The molecule has 1 N–H and O–H groups in total. The van der Waals surface area contributed by atoms with E-state index in [0.29, 0.717) is 5.69 Å². The van der Waals surface area contributed by atoms with Gasteiger partial charge < -0.3 is 19.5 Å². The number of anilines is 1. The summed E-state index contributed by atoms with van der Waals surface area (Å²) in [6.45, 7) is 5.14. The van der Waals surface area contributed by atoms with Crippen LogP contribution in [0, 0.1) is 22.7 Å². The second-order valence-electron chi connectivity index (χ2n) is 7.47. The minimum absolute atomic E-state index is 0.0495. The Morgan fingerprint density at radius 1 is 1.19 bits per heavy atom. The first kappa shape index (κ1) is 20.4. The van der Waals surface area contributed by atoms with Gasteiger partial charge in [0.05, 0.1) is 18.4 Å². The Morgan fingerprint density at radius 2 is 1.85 bits per heavy atom. The molecule has 1 aliphatic rings. The number of methoxy groups -OCH3 is 1. The number of rotatable bonds is 4. The highest BCUT2D eigenvalue weighted by atomic mass is 16.7. The minimum atomic E-state index is -0.939. The van der Waals surface area contributed by atoms with Crippen molar-refractivity contribution in [3.05, 3.63) is 17.2 Å². The van der Waals surface area contributed by atoms with Crippen molar-refractivity contribution in [3.8, 4) is 23.6 Å². The van der Waals surface area contributed by atoms with Crippen LogP contribution >= 0.6 is 0 Å². The Hall–Kier alpha value is -2.93. The Labute approximate surface area is 159 Å². The molecule has 0 spiro atoms. The number of hydrogen-bond donors (Lipinski definition) is 1. The van der Waals surface area contributed by atoms with Crippen LogP contribution in [0.3, 0.4) is 0 Å². The Balaban J connectivity index is 2.45. The average Bonchev–Trinajstić information content (AvgIpc) is 2.61. The zero-order valence-corrected chi connectivity index (χ0v) is 16.2. The summed E-state index contributed by atoms with van der Waals surface area (Å²) in [5.41, 5.74) is -0.0495. The molecule has 1 aromatic carbocycles. The molecule has 0 atom stereocenters. The molecular formula is C20H25N3O4. The molecule has 144 valence electrons. The van der Waals surface area contributed by atoms with Crippen LogP contribution in [0.25, 0.3) is 0 Å². The predicted octanol–water partition coefficient (Wildman–Crippen LogP) is 4.50. The number of hydrogen-bond acceptors (Lipinski definition) is 7. The van der Waals surface area contributed by atoms with Gasteiger partial charge in [-0.25, -0.2) is 4.79 Å². The van der Waals surface area contributed by atoms with Gasteiger partial charge in [0.1, 0.15) is 23.3 Å². The third-order valence-electron chi connectivity index (χ3n) is 4.23. The van der Waals surface area contributed by atoms with Gasteiger partial charge in [0.2, 0.25) is 0 Å². The molecule has 0 bridgehead atoms. The summed E-state index contributed by atoms with van der Waals surface area (Å²) in [4.78, 5) is 12.1. The predicted molar refractivity (Wildman–Crippen MR) is 99.8 cm³/mol. The summed E-state index contributed by atoms with van der Waals surface area (Å²) in [7, 11) is 1.38. The van der Waals surface area contributed by atoms with Crippen LogP contribution in [-0.4, -0.2) is 24.9 Å². The van der Waals surface area contributed by atoms with E-state index < -0.39 is 11.8 Å². The lowest BCUT2D eigenvalue weighted by Crippen LogP contribution is -2.27. The molecule has 1 aromatic rings. The topological polar surface area (TPSA) is 104 Å². The normalized spacial score (nSPS) is 14.6. The maximum atomic E-state index is 12.1. The third-order valence-corrected chi connectivity index (χ3v) is 4.23. The van der Waals surface area contributed by atoms with Crippen LogP contribution in [0.5, 0.6) is 11.5 Å². The number of ether oxygens (including phenoxy) is 3. The number of carbonyl (C=O) groups is 1. The highest BCUT2D eigenvalue weighted by Crippen LogP contribution is 2.40. The van der Waals surface area contributed by atoms with Crippen molar-refractivity contribution in [2.24, 2.45) is 0 Å². The molecule has 0 saturated heterocycles. The Kier molecular flexibility index (Phi) is 6.52.